The van der Waals surface area contributed by atoms with Crippen molar-refractivity contribution in [3.8, 4) is 0 Å². The van der Waals surface area contributed by atoms with Crippen LogP contribution in [0.1, 0.15) is 11.7 Å². The predicted molar refractivity (Wildman–Crippen MR) is 72.4 cm³/mol. The molecule has 1 unspecified atom stereocenters. The van der Waals surface area contributed by atoms with E-state index in [0.29, 0.717) is 23.7 Å². The molecule has 0 aromatic heterocycles. The summed E-state index contributed by atoms with van der Waals surface area (Å²) in [6, 6.07) is 6.15. The summed E-state index contributed by atoms with van der Waals surface area (Å²) in [6.07, 6.45) is 0.432. The van der Waals surface area contributed by atoms with Crippen LogP contribution in [0, 0.1) is 0 Å². The normalized spacial score (nSPS) is 13.3. The van der Waals surface area contributed by atoms with Crippen molar-refractivity contribution in [3.05, 3.63) is 41.4 Å². The molecular weight excluding hydrogens is 274 g/mol. The van der Waals surface area contributed by atoms with Crippen LogP contribution in [0.4, 0.5) is 0 Å². The van der Waals surface area contributed by atoms with Crippen molar-refractivity contribution >= 4 is 21.4 Å². The Labute approximate surface area is 112 Å². The molecule has 0 saturated carbocycles. The summed E-state index contributed by atoms with van der Waals surface area (Å²) in [5, 5.41) is 13.2. The Balaban J connectivity index is 2.65. The molecule has 0 fully saturated rings. The summed E-state index contributed by atoms with van der Waals surface area (Å²) in [5.74, 6) is 0. The zero-order chi connectivity index (χ0) is 13.8. The lowest BCUT2D eigenvalue weighted by Gasteiger charge is -2.12. The van der Waals surface area contributed by atoms with Gasteiger partial charge in [-0.2, -0.15) is 0 Å². The van der Waals surface area contributed by atoms with E-state index in [4.69, 9.17) is 11.6 Å². The maximum Gasteiger partial charge on any atom is 0.175 e. The summed E-state index contributed by atoms with van der Waals surface area (Å²) < 4.78 is 22.5. The Morgan fingerprint density at radius 2 is 2.00 bits per heavy atom. The van der Waals surface area contributed by atoms with E-state index in [2.05, 4.69) is 11.9 Å². The van der Waals surface area contributed by atoms with E-state index in [0.717, 1.165) is 6.26 Å². The SMILES string of the molecule is C=C(Cl)CNCC(O)c1ccc(S(C)(=O)=O)cc1. The largest absolute Gasteiger partial charge is 0.387 e. The van der Waals surface area contributed by atoms with Gasteiger partial charge in [-0.05, 0) is 17.7 Å². The summed E-state index contributed by atoms with van der Waals surface area (Å²) >= 11 is 5.57. The summed E-state index contributed by atoms with van der Waals surface area (Å²) in [5.41, 5.74) is 0.648. The lowest BCUT2D eigenvalue weighted by molar-refractivity contribution is 0.176. The fourth-order valence-corrected chi connectivity index (χ4v) is 2.12. The fourth-order valence-electron chi connectivity index (χ4n) is 1.40. The quantitative estimate of drug-likeness (QED) is 0.832. The molecule has 4 nitrogen and oxygen atoms in total. The number of nitrogens with one attached hydrogen (secondary N) is 1. The summed E-state index contributed by atoms with van der Waals surface area (Å²) in [7, 11) is -3.20. The fraction of sp³-hybridized carbons (Fsp3) is 0.333. The lowest BCUT2D eigenvalue weighted by Crippen LogP contribution is -2.22. The molecule has 1 atom stereocenters. The van der Waals surface area contributed by atoms with Gasteiger partial charge in [0.05, 0.1) is 11.0 Å². The second kappa shape index (κ2) is 6.33. The van der Waals surface area contributed by atoms with Crippen LogP contribution in [0.25, 0.3) is 0 Å². The van der Waals surface area contributed by atoms with Gasteiger partial charge in [0.2, 0.25) is 0 Å². The molecule has 0 bridgehead atoms. The number of halogens is 1. The number of rotatable bonds is 6. The van der Waals surface area contributed by atoms with Gasteiger partial charge in [0, 0.05) is 24.4 Å². The minimum atomic E-state index is -3.20. The minimum Gasteiger partial charge on any atom is -0.387 e. The van der Waals surface area contributed by atoms with Gasteiger partial charge in [0.15, 0.2) is 9.84 Å². The van der Waals surface area contributed by atoms with Gasteiger partial charge in [-0.15, -0.1) is 0 Å². The molecule has 1 aromatic rings. The average Bonchev–Trinajstić information content (AvgIpc) is 2.27. The van der Waals surface area contributed by atoms with E-state index >= 15 is 0 Å². The standard InChI is InChI=1S/C12H16ClNO3S/c1-9(13)7-14-8-12(15)10-3-5-11(6-4-10)18(2,16)17/h3-6,12,14-15H,1,7-8H2,2H3. The number of aliphatic hydroxyl groups is 1. The van der Waals surface area contributed by atoms with E-state index < -0.39 is 15.9 Å². The predicted octanol–water partition coefficient (Wildman–Crippen LogP) is 1.47. The van der Waals surface area contributed by atoms with E-state index in [9.17, 15) is 13.5 Å². The van der Waals surface area contributed by atoms with Gasteiger partial charge in [-0.3, -0.25) is 0 Å². The Bertz CT molecular complexity index is 511. The molecule has 0 aliphatic carbocycles. The van der Waals surface area contributed by atoms with Crippen LogP contribution in [-0.2, 0) is 9.84 Å². The number of aliphatic hydroxyl groups excluding tert-OH is 1. The Kier molecular flexibility index (Phi) is 5.34. The monoisotopic (exact) mass is 289 g/mol. The van der Waals surface area contributed by atoms with E-state index in [-0.39, 0.29) is 4.90 Å². The van der Waals surface area contributed by atoms with Crippen molar-refractivity contribution in [1.82, 2.24) is 5.32 Å². The van der Waals surface area contributed by atoms with Crippen molar-refractivity contribution in [3.63, 3.8) is 0 Å². The molecule has 0 heterocycles. The van der Waals surface area contributed by atoms with E-state index in [1.54, 1.807) is 12.1 Å². The van der Waals surface area contributed by atoms with Crippen molar-refractivity contribution in [1.29, 1.82) is 0 Å². The van der Waals surface area contributed by atoms with Crippen molar-refractivity contribution in [2.45, 2.75) is 11.0 Å². The topological polar surface area (TPSA) is 66.4 Å². The highest BCUT2D eigenvalue weighted by Crippen LogP contribution is 2.16. The Morgan fingerprint density at radius 3 is 2.44 bits per heavy atom. The first-order valence-electron chi connectivity index (χ1n) is 5.33. The number of sulfone groups is 1. The van der Waals surface area contributed by atoms with Crippen molar-refractivity contribution < 1.29 is 13.5 Å². The maximum atomic E-state index is 11.3. The first-order chi connectivity index (χ1) is 8.30. The molecule has 0 amide bonds. The Hall–Kier alpha value is -0.880. The number of hydrogen-bond donors (Lipinski definition) is 2. The molecular formula is C12H16ClNO3S. The van der Waals surface area contributed by atoms with Crippen LogP contribution in [0.5, 0.6) is 0 Å². The summed E-state index contributed by atoms with van der Waals surface area (Å²) in [6.45, 7) is 4.26. The molecule has 0 radical (unpaired) electrons. The van der Waals surface area contributed by atoms with Crippen LogP contribution in [0.3, 0.4) is 0 Å². The zero-order valence-electron chi connectivity index (χ0n) is 10.1. The third-order valence-corrected chi connectivity index (χ3v) is 3.61. The smallest absolute Gasteiger partial charge is 0.175 e. The van der Waals surface area contributed by atoms with Crippen LogP contribution in [-0.4, -0.2) is 32.9 Å². The van der Waals surface area contributed by atoms with Gasteiger partial charge in [0.1, 0.15) is 0 Å². The minimum absolute atomic E-state index is 0.237. The highest BCUT2D eigenvalue weighted by atomic mass is 35.5. The lowest BCUT2D eigenvalue weighted by atomic mass is 10.1. The molecule has 1 rings (SSSR count). The van der Waals surface area contributed by atoms with Crippen LogP contribution < -0.4 is 5.32 Å². The molecule has 100 valence electrons. The maximum absolute atomic E-state index is 11.3. The molecule has 6 heteroatoms. The highest BCUT2D eigenvalue weighted by molar-refractivity contribution is 7.90. The third kappa shape index (κ3) is 4.78. The van der Waals surface area contributed by atoms with Gasteiger partial charge < -0.3 is 10.4 Å². The molecule has 2 N–H and O–H groups in total. The van der Waals surface area contributed by atoms with Crippen LogP contribution in [0.15, 0.2) is 40.8 Å². The number of hydrogen-bond acceptors (Lipinski definition) is 4. The van der Waals surface area contributed by atoms with Crippen molar-refractivity contribution in [2.24, 2.45) is 0 Å². The third-order valence-electron chi connectivity index (χ3n) is 2.35. The first kappa shape index (κ1) is 15.2. The van der Waals surface area contributed by atoms with E-state index in [1.165, 1.54) is 12.1 Å². The average molecular weight is 290 g/mol. The molecule has 0 aliphatic rings. The second-order valence-corrected chi connectivity index (χ2v) is 6.56. The first-order valence-corrected chi connectivity index (χ1v) is 7.59. The Morgan fingerprint density at radius 1 is 1.44 bits per heavy atom. The van der Waals surface area contributed by atoms with Gasteiger partial charge in [-0.25, -0.2) is 8.42 Å². The molecule has 18 heavy (non-hydrogen) atoms. The van der Waals surface area contributed by atoms with Crippen LogP contribution >= 0.6 is 11.6 Å². The molecule has 0 aliphatic heterocycles. The number of benzene rings is 1. The molecule has 1 aromatic carbocycles. The molecule has 0 spiro atoms. The molecule has 0 saturated heterocycles. The summed E-state index contributed by atoms with van der Waals surface area (Å²) in [4.78, 5) is 0.237. The van der Waals surface area contributed by atoms with Gasteiger partial charge in [-0.1, -0.05) is 30.3 Å². The second-order valence-electron chi connectivity index (χ2n) is 4.01. The van der Waals surface area contributed by atoms with Crippen molar-refractivity contribution in [2.75, 3.05) is 19.3 Å². The highest BCUT2D eigenvalue weighted by Gasteiger charge is 2.10. The van der Waals surface area contributed by atoms with Gasteiger partial charge in [0.25, 0.3) is 0 Å². The zero-order valence-corrected chi connectivity index (χ0v) is 11.6. The van der Waals surface area contributed by atoms with Crippen LogP contribution in [0.2, 0.25) is 0 Å². The van der Waals surface area contributed by atoms with Gasteiger partial charge >= 0.3 is 0 Å². The van der Waals surface area contributed by atoms with E-state index in [1.807, 2.05) is 0 Å².